The van der Waals surface area contributed by atoms with Gasteiger partial charge in [-0.05, 0) is 12.0 Å². The van der Waals surface area contributed by atoms with E-state index < -0.39 is 18.1 Å². The summed E-state index contributed by atoms with van der Waals surface area (Å²) >= 11 is 0. The fourth-order valence-electron chi connectivity index (χ4n) is 1.45. The third-order valence-corrected chi connectivity index (χ3v) is 2.66. The second-order valence-electron chi connectivity index (χ2n) is 4.20. The Morgan fingerprint density at radius 3 is 2.53 bits per heavy atom. The molecule has 0 saturated heterocycles. The number of nitrogens with zero attached hydrogens (tertiary/aromatic N) is 1. The molecule has 0 aliphatic rings. The molecule has 0 aliphatic heterocycles. The number of nitrogens with one attached hydrogen (secondary N) is 1. The monoisotopic (exact) mass is 266 g/mol. The predicted octanol–water partition coefficient (Wildman–Crippen LogP) is 0.316. The number of hydrogen-bond acceptors (Lipinski definition) is 3. The summed E-state index contributed by atoms with van der Waals surface area (Å²) in [6.45, 7) is 0.211. The van der Waals surface area contributed by atoms with Crippen molar-refractivity contribution in [2.24, 2.45) is 0 Å². The Labute approximate surface area is 111 Å². The second-order valence-corrected chi connectivity index (χ2v) is 4.20. The molecule has 1 rings (SSSR count). The van der Waals surface area contributed by atoms with E-state index in [2.05, 4.69) is 5.32 Å². The first kappa shape index (κ1) is 15.0. The van der Waals surface area contributed by atoms with Crippen LogP contribution in [0.1, 0.15) is 5.56 Å². The van der Waals surface area contributed by atoms with Crippen LogP contribution in [0.25, 0.3) is 0 Å². The van der Waals surface area contributed by atoms with E-state index in [-0.39, 0.29) is 6.54 Å². The second kappa shape index (κ2) is 7.38. The molecule has 0 heterocycles. The molecule has 0 radical (unpaired) electrons. The van der Waals surface area contributed by atoms with Gasteiger partial charge in [0.2, 0.25) is 0 Å². The fraction of sp³-hybridized carbons (Fsp3) is 0.385. The molecule has 1 aromatic carbocycles. The van der Waals surface area contributed by atoms with Crippen molar-refractivity contribution in [1.82, 2.24) is 10.2 Å². The van der Waals surface area contributed by atoms with Crippen molar-refractivity contribution in [1.29, 1.82) is 0 Å². The van der Waals surface area contributed by atoms with Crippen molar-refractivity contribution >= 4 is 12.0 Å². The van der Waals surface area contributed by atoms with Gasteiger partial charge in [-0.2, -0.15) is 0 Å². The van der Waals surface area contributed by atoms with Crippen LogP contribution in [-0.2, 0) is 11.2 Å². The average molecular weight is 266 g/mol. The quantitative estimate of drug-likeness (QED) is 0.691. The smallest absolute Gasteiger partial charge is 0.334 e. The summed E-state index contributed by atoms with van der Waals surface area (Å²) in [7, 11) is 1.62. The van der Waals surface area contributed by atoms with E-state index in [1.165, 1.54) is 4.90 Å². The number of benzene rings is 1. The van der Waals surface area contributed by atoms with Crippen LogP contribution >= 0.6 is 0 Å². The maximum absolute atomic E-state index is 11.6. The number of likely N-dealkylation sites (N-methyl/N-ethyl adjacent to an activating group) is 1. The number of aliphatic carboxylic acids is 1. The Kier molecular flexibility index (Phi) is 5.81. The molecule has 2 amide bonds. The molecule has 0 saturated carbocycles. The molecule has 6 nitrogen and oxygen atoms in total. The Balaban J connectivity index is 2.31. The molecule has 6 heteroatoms. The minimum atomic E-state index is -1.58. The molecular weight excluding hydrogens is 248 g/mol. The number of carboxylic acids is 1. The molecule has 0 aromatic heterocycles. The van der Waals surface area contributed by atoms with E-state index in [0.29, 0.717) is 13.0 Å². The van der Waals surface area contributed by atoms with E-state index in [1.807, 2.05) is 30.3 Å². The number of carboxylic acid groups (broad SMARTS) is 1. The van der Waals surface area contributed by atoms with Crippen molar-refractivity contribution in [3.63, 3.8) is 0 Å². The van der Waals surface area contributed by atoms with Gasteiger partial charge >= 0.3 is 12.0 Å². The van der Waals surface area contributed by atoms with Crippen molar-refractivity contribution in [2.75, 3.05) is 20.1 Å². The molecule has 0 aliphatic carbocycles. The third-order valence-electron chi connectivity index (χ3n) is 2.66. The fourth-order valence-corrected chi connectivity index (χ4v) is 1.45. The van der Waals surface area contributed by atoms with Crippen LogP contribution in [0.2, 0.25) is 0 Å². The molecule has 0 fully saturated rings. The van der Waals surface area contributed by atoms with Crippen LogP contribution in [0.3, 0.4) is 0 Å². The maximum atomic E-state index is 11.6. The Bertz CT molecular complexity index is 422. The van der Waals surface area contributed by atoms with Gasteiger partial charge in [-0.3, -0.25) is 0 Å². The molecule has 0 bridgehead atoms. The van der Waals surface area contributed by atoms with E-state index >= 15 is 0 Å². The van der Waals surface area contributed by atoms with Crippen LogP contribution in [0.5, 0.6) is 0 Å². The van der Waals surface area contributed by atoms with Crippen molar-refractivity contribution < 1.29 is 19.8 Å². The largest absolute Gasteiger partial charge is 0.479 e. The number of aliphatic hydroxyl groups is 1. The summed E-state index contributed by atoms with van der Waals surface area (Å²) in [6, 6.07) is 9.32. The molecule has 104 valence electrons. The third kappa shape index (κ3) is 5.39. The molecule has 3 N–H and O–H groups in total. The summed E-state index contributed by atoms with van der Waals surface area (Å²) in [5.74, 6) is -1.35. The predicted molar refractivity (Wildman–Crippen MR) is 69.8 cm³/mol. The highest BCUT2D eigenvalue weighted by atomic mass is 16.4. The highest BCUT2D eigenvalue weighted by Gasteiger charge is 2.15. The number of hydrogen-bond donors (Lipinski definition) is 3. The first-order chi connectivity index (χ1) is 9.00. The summed E-state index contributed by atoms with van der Waals surface area (Å²) in [5.41, 5.74) is 1.12. The van der Waals surface area contributed by atoms with Crippen molar-refractivity contribution in [3.8, 4) is 0 Å². The highest BCUT2D eigenvalue weighted by Crippen LogP contribution is 2.00. The molecule has 1 atom stereocenters. The van der Waals surface area contributed by atoms with Crippen LogP contribution in [0.15, 0.2) is 30.3 Å². The topological polar surface area (TPSA) is 89.9 Å². The zero-order chi connectivity index (χ0) is 14.3. The van der Waals surface area contributed by atoms with Crippen LogP contribution < -0.4 is 5.32 Å². The molecule has 1 aromatic rings. The summed E-state index contributed by atoms with van der Waals surface area (Å²) in [5, 5.41) is 19.9. The summed E-state index contributed by atoms with van der Waals surface area (Å²) in [6.07, 6.45) is -0.863. The number of carbonyl (C=O) groups is 2. The van der Waals surface area contributed by atoms with Crippen LogP contribution in [0.4, 0.5) is 4.79 Å². The van der Waals surface area contributed by atoms with Gasteiger partial charge < -0.3 is 20.4 Å². The lowest BCUT2D eigenvalue weighted by Crippen LogP contribution is -2.43. The van der Waals surface area contributed by atoms with Gasteiger partial charge in [0.25, 0.3) is 0 Å². The van der Waals surface area contributed by atoms with Gasteiger partial charge in [-0.15, -0.1) is 0 Å². The van der Waals surface area contributed by atoms with Gasteiger partial charge in [-0.25, -0.2) is 9.59 Å². The minimum absolute atomic E-state index is 0.302. The lowest BCUT2D eigenvalue weighted by Gasteiger charge is -2.18. The number of amides is 2. The van der Waals surface area contributed by atoms with E-state index in [1.54, 1.807) is 7.05 Å². The molecule has 1 unspecified atom stereocenters. The van der Waals surface area contributed by atoms with Gasteiger partial charge in [0.1, 0.15) is 0 Å². The Morgan fingerprint density at radius 2 is 1.95 bits per heavy atom. The number of aliphatic hydroxyl groups excluding tert-OH is 1. The number of urea groups is 1. The first-order valence-electron chi connectivity index (χ1n) is 5.94. The molecular formula is C13H18N2O4. The zero-order valence-corrected chi connectivity index (χ0v) is 10.7. The average Bonchev–Trinajstić information content (AvgIpc) is 2.42. The van der Waals surface area contributed by atoms with Crippen LogP contribution in [0, 0.1) is 0 Å². The van der Waals surface area contributed by atoms with Crippen molar-refractivity contribution in [3.05, 3.63) is 35.9 Å². The lowest BCUT2D eigenvalue weighted by atomic mass is 10.1. The SMILES string of the molecule is CN(CCc1ccccc1)C(=O)NCC(O)C(=O)O. The van der Waals surface area contributed by atoms with Gasteiger partial charge in [0, 0.05) is 13.6 Å². The summed E-state index contributed by atoms with van der Waals surface area (Å²) < 4.78 is 0. The van der Waals surface area contributed by atoms with E-state index in [4.69, 9.17) is 10.2 Å². The van der Waals surface area contributed by atoms with Crippen LogP contribution in [-0.4, -0.2) is 53.4 Å². The van der Waals surface area contributed by atoms with Gasteiger partial charge in [-0.1, -0.05) is 30.3 Å². The van der Waals surface area contributed by atoms with Gasteiger partial charge in [0.15, 0.2) is 6.10 Å². The lowest BCUT2D eigenvalue weighted by molar-refractivity contribution is -0.146. The maximum Gasteiger partial charge on any atom is 0.334 e. The number of carbonyl (C=O) groups excluding carboxylic acids is 1. The first-order valence-corrected chi connectivity index (χ1v) is 5.94. The van der Waals surface area contributed by atoms with E-state index in [9.17, 15) is 9.59 Å². The number of rotatable bonds is 6. The normalized spacial score (nSPS) is 11.7. The molecule has 0 spiro atoms. The van der Waals surface area contributed by atoms with E-state index in [0.717, 1.165) is 5.56 Å². The Morgan fingerprint density at radius 1 is 1.32 bits per heavy atom. The minimum Gasteiger partial charge on any atom is -0.479 e. The van der Waals surface area contributed by atoms with Crippen molar-refractivity contribution in [2.45, 2.75) is 12.5 Å². The standard InChI is InChI=1S/C13H18N2O4/c1-15(8-7-10-5-3-2-4-6-10)13(19)14-9-11(16)12(17)18/h2-6,11,16H,7-9H2,1H3,(H,14,19)(H,17,18). The summed E-state index contributed by atoms with van der Waals surface area (Å²) in [4.78, 5) is 23.4. The molecule has 19 heavy (non-hydrogen) atoms. The van der Waals surface area contributed by atoms with Gasteiger partial charge in [0.05, 0.1) is 6.54 Å². The Hall–Kier alpha value is -2.08. The highest BCUT2D eigenvalue weighted by molar-refractivity contribution is 5.76. The zero-order valence-electron chi connectivity index (χ0n) is 10.7.